The summed E-state index contributed by atoms with van der Waals surface area (Å²) in [6.45, 7) is 17.7. The number of ether oxygens (including phenoxy) is 1. The van der Waals surface area contributed by atoms with Crippen LogP contribution >= 0.6 is 0 Å². The van der Waals surface area contributed by atoms with E-state index >= 15 is 0 Å². The van der Waals surface area contributed by atoms with Gasteiger partial charge in [-0.05, 0) is 65.7 Å². The zero-order valence-corrected chi connectivity index (χ0v) is 15.6. The van der Waals surface area contributed by atoms with E-state index in [1.807, 2.05) is 33.8 Å². The summed E-state index contributed by atoms with van der Waals surface area (Å²) < 4.78 is 5.75. The highest BCUT2D eigenvalue weighted by atomic mass is 16.5. The molecule has 0 aromatic heterocycles. The molecule has 3 nitrogen and oxygen atoms in total. The molecule has 0 amide bonds. The monoisotopic (exact) mass is 324 g/mol. The molecular formula is C20H36O3. The number of rotatable bonds is 2. The molecule has 2 fully saturated rings. The lowest BCUT2D eigenvalue weighted by Crippen LogP contribution is -2.51. The van der Waals surface area contributed by atoms with E-state index in [-0.39, 0.29) is 17.8 Å². The smallest absolute Gasteiger partial charge is 0.0895 e. The van der Waals surface area contributed by atoms with Gasteiger partial charge in [-0.25, -0.2) is 0 Å². The van der Waals surface area contributed by atoms with Gasteiger partial charge in [0.25, 0.3) is 0 Å². The van der Waals surface area contributed by atoms with Crippen LogP contribution in [0.25, 0.3) is 0 Å². The minimum atomic E-state index is -0.443. The maximum atomic E-state index is 9.65. The van der Waals surface area contributed by atoms with E-state index in [0.29, 0.717) is 11.8 Å². The van der Waals surface area contributed by atoms with Crippen molar-refractivity contribution in [1.29, 1.82) is 0 Å². The second-order valence-corrected chi connectivity index (χ2v) is 8.22. The van der Waals surface area contributed by atoms with Gasteiger partial charge < -0.3 is 14.9 Å². The normalized spacial score (nSPS) is 39.8. The maximum absolute atomic E-state index is 9.65. The van der Waals surface area contributed by atoms with Crippen molar-refractivity contribution < 1.29 is 14.9 Å². The van der Waals surface area contributed by atoms with Crippen molar-refractivity contribution in [3.05, 3.63) is 24.8 Å². The summed E-state index contributed by atoms with van der Waals surface area (Å²) in [5.41, 5.74) is 0.439. The predicted octanol–water partition coefficient (Wildman–Crippen LogP) is 4.24. The van der Waals surface area contributed by atoms with Gasteiger partial charge >= 0.3 is 0 Å². The Morgan fingerprint density at radius 1 is 1.17 bits per heavy atom. The average molecular weight is 325 g/mol. The second-order valence-electron chi connectivity index (χ2n) is 8.22. The van der Waals surface area contributed by atoms with Gasteiger partial charge in [0.15, 0.2) is 0 Å². The Balaban J connectivity index is 0.000000231. The second kappa shape index (κ2) is 7.96. The van der Waals surface area contributed by atoms with Crippen molar-refractivity contribution >= 4 is 0 Å². The Kier molecular flexibility index (Phi) is 7.06. The molecule has 3 heteroatoms. The first-order valence-corrected chi connectivity index (χ1v) is 8.86. The molecule has 0 aromatic rings. The molecule has 0 radical (unpaired) electrons. The summed E-state index contributed by atoms with van der Waals surface area (Å²) in [4.78, 5) is 0. The van der Waals surface area contributed by atoms with Gasteiger partial charge in [0, 0.05) is 5.92 Å². The van der Waals surface area contributed by atoms with Crippen LogP contribution in [0.4, 0.5) is 0 Å². The van der Waals surface area contributed by atoms with Crippen LogP contribution in [0.1, 0.15) is 66.7 Å². The molecule has 0 aromatic carbocycles. The first-order chi connectivity index (χ1) is 10.5. The fraction of sp³-hybridized carbons (Fsp3) is 0.800. The molecule has 1 aliphatic heterocycles. The zero-order valence-electron chi connectivity index (χ0n) is 15.6. The van der Waals surface area contributed by atoms with Crippen molar-refractivity contribution in [1.82, 2.24) is 0 Å². The van der Waals surface area contributed by atoms with Crippen LogP contribution in [-0.4, -0.2) is 33.6 Å². The molecule has 134 valence electrons. The summed E-state index contributed by atoms with van der Waals surface area (Å²) >= 11 is 0. The van der Waals surface area contributed by atoms with Gasteiger partial charge in [-0.2, -0.15) is 0 Å². The lowest BCUT2D eigenvalue weighted by atomic mass is 9.78. The lowest BCUT2D eigenvalue weighted by molar-refractivity contribution is -0.195. The van der Waals surface area contributed by atoms with E-state index in [2.05, 4.69) is 20.1 Å². The predicted molar refractivity (Wildman–Crippen MR) is 96.3 cm³/mol. The first-order valence-electron chi connectivity index (χ1n) is 8.86. The summed E-state index contributed by atoms with van der Waals surface area (Å²) in [6, 6.07) is 0. The van der Waals surface area contributed by atoms with Crippen molar-refractivity contribution in [2.45, 2.75) is 90.1 Å². The molecule has 1 aliphatic carbocycles. The minimum Gasteiger partial charge on any atom is -0.392 e. The first kappa shape index (κ1) is 20.4. The van der Waals surface area contributed by atoms with Gasteiger partial charge in [-0.1, -0.05) is 25.2 Å². The molecule has 2 rings (SSSR count). The van der Waals surface area contributed by atoms with Gasteiger partial charge in [0.1, 0.15) is 0 Å². The van der Waals surface area contributed by atoms with Crippen LogP contribution < -0.4 is 0 Å². The van der Waals surface area contributed by atoms with E-state index in [1.165, 1.54) is 6.42 Å². The third-order valence-electron chi connectivity index (χ3n) is 5.36. The number of aliphatic hydroxyl groups excluding tert-OH is 2. The summed E-state index contributed by atoms with van der Waals surface area (Å²) in [7, 11) is 0. The molecule has 5 atom stereocenters. The Morgan fingerprint density at radius 2 is 1.78 bits per heavy atom. The highest BCUT2D eigenvalue weighted by Crippen LogP contribution is 2.35. The van der Waals surface area contributed by atoms with E-state index < -0.39 is 5.60 Å². The molecule has 23 heavy (non-hydrogen) atoms. The van der Waals surface area contributed by atoms with E-state index in [4.69, 9.17) is 4.74 Å². The Labute approximate surface area is 142 Å². The Bertz CT molecular complexity index is 415. The maximum Gasteiger partial charge on any atom is 0.0895 e. The van der Waals surface area contributed by atoms with Crippen molar-refractivity contribution in [2.24, 2.45) is 11.8 Å². The fourth-order valence-corrected chi connectivity index (χ4v) is 3.56. The van der Waals surface area contributed by atoms with E-state index in [0.717, 1.165) is 31.3 Å². The molecule has 1 saturated carbocycles. The van der Waals surface area contributed by atoms with Gasteiger partial charge in [-0.15, -0.1) is 6.58 Å². The van der Waals surface area contributed by atoms with Crippen molar-refractivity contribution in [2.75, 3.05) is 0 Å². The van der Waals surface area contributed by atoms with Gasteiger partial charge in [-0.3, -0.25) is 0 Å². The molecule has 2 aliphatic rings. The third kappa shape index (κ3) is 5.74. The van der Waals surface area contributed by atoms with Crippen LogP contribution in [0, 0.1) is 11.8 Å². The summed E-state index contributed by atoms with van der Waals surface area (Å²) in [5, 5.41) is 19.3. The van der Waals surface area contributed by atoms with Gasteiger partial charge in [0.2, 0.25) is 0 Å². The molecule has 5 unspecified atom stereocenters. The SMILES string of the molecule is C=C(C)C1CCC(C)CC1O.C=CC1(C)CCC(O)C(C)(C)O1. The number of hydrogen-bond donors (Lipinski definition) is 2. The van der Waals surface area contributed by atoms with Crippen molar-refractivity contribution in [3.63, 3.8) is 0 Å². The van der Waals surface area contributed by atoms with E-state index in [9.17, 15) is 10.2 Å². The van der Waals surface area contributed by atoms with Gasteiger partial charge in [0.05, 0.1) is 23.4 Å². The molecule has 2 N–H and O–H groups in total. The fourth-order valence-electron chi connectivity index (χ4n) is 3.56. The molecule has 1 heterocycles. The lowest BCUT2D eigenvalue weighted by Gasteiger charge is -2.44. The average Bonchev–Trinajstić information content (AvgIpc) is 2.43. The molecular weight excluding hydrogens is 288 g/mol. The molecule has 1 saturated heterocycles. The van der Waals surface area contributed by atoms with Crippen molar-refractivity contribution in [3.8, 4) is 0 Å². The van der Waals surface area contributed by atoms with Crippen LogP contribution in [-0.2, 0) is 4.74 Å². The van der Waals surface area contributed by atoms with Crippen LogP contribution in [0.15, 0.2) is 24.8 Å². The quantitative estimate of drug-likeness (QED) is 0.747. The largest absolute Gasteiger partial charge is 0.392 e. The summed E-state index contributed by atoms with van der Waals surface area (Å²) in [6.07, 6.45) is 6.29. The molecule has 0 spiro atoms. The summed E-state index contributed by atoms with van der Waals surface area (Å²) in [5.74, 6) is 1.06. The van der Waals surface area contributed by atoms with Crippen LogP contribution in [0.5, 0.6) is 0 Å². The van der Waals surface area contributed by atoms with Crippen LogP contribution in [0.2, 0.25) is 0 Å². The zero-order chi connectivity index (χ0) is 17.8. The third-order valence-corrected chi connectivity index (χ3v) is 5.36. The highest BCUT2D eigenvalue weighted by molar-refractivity contribution is 5.02. The topological polar surface area (TPSA) is 49.7 Å². The Morgan fingerprint density at radius 3 is 2.22 bits per heavy atom. The molecule has 0 bridgehead atoms. The van der Waals surface area contributed by atoms with E-state index in [1.54, 1.807) is 0 Å². The Hall–Kier alpha value is -0.640. The highest BCUT2D eigenvalue weighted by Gasteiger charge is 2.41. The number of aliphatic hydroxyl groups is 2. The minimum absolute atomic E-state index is 0.128. The number of hydrogen-bond acceptors (Lipinski definition) is 3. The standard InChI is InChI=1S/C10H18O2.C10H18O/c1-5-10(4)7-6-8(11)9(2,3)12-10;1-7(2)9-5-4-8(3)6-10(9)11/h5,8,11H,1,6-7H2,2-4H3;8-11H,1,4-6H2,2-3H3. The van der Waals surface area contributed by atoms with Crippen LogP contribution in [0.3, 0.4) is 0 Å².